The van der Waals surface area contributed by atoms with Gasteiger partial charge in [-0.05, 0) is 79.8 Å². The summed E-state index contributed by atoms with van der Waals surface area (Å²) in [4.78, 5) is 15.6. The first-order chi connectivity index (χ1) is 27.7. The normalized spacial score (nSPS) is 11.9. The van der Waals surface area contributed by atoms with Crippen molar-refractivity contribution in [3.63, 3.8) is 0 Å². The van der Waals surface area contributed by atoms with Crippen molar-refractivity contribution in [3.8, 4) is 45.3 Å². The van der Waals surface area contributed by atoms with Crippen molar-refractivity contribution in [2.45, 2.75) is 0 Å². The van der Waals surface area contributed by atoms with Gasteiger partial charge in [-0.25, -0.2) is 15.0 Å². The molecular formula is C51H29N3OS. The van der Waals surface area contributed by atoms with E-state index in [0.29, 0.717) is 17.5 Å². The predicted octanol–water partition coefficient (Wildman–Crippen LogP) is 14.3. The van der Waals surface area contributed by atoms with E-state index in [1.165, 1.54) is 47.1 Å². The van der Waals surface area contributed by atoms with E-state index >= 15 is 0 Å². The maximum atomic E-state index is 6.65. The Morgan fingerprint density at radius 2 is 0.911 bits per heavy atom. The van der Waals surface area contributed by atoms with Gasteiger partial charge >= 0.3 is 0 Å². The Bertz CT molecular complexity index is 3510. The van der Waals surface area contributed by atoms with Gasteiger partial charge in [-0.15, -0.1) is 11.3 Å². The van der Waals surface area contributed by atoms with Crippen LogP contribution < -0.4 is 0 Å². The minimum absolute atomic E-state index is 0.589. The molecule has 0 radical (unpaired) electrons. The van der Waals surface area contributed by atoms with Crippen molar-refractivity contribution in [2.75, 3.05) is 0 Å². The van der Waals surface area contributed by atoms with Crippen LogP contribution in [0.5, 0.6) is 0 Å². The predicted molar refractivity (Wildman–Crippen MR) is 234 cm³/mol. The van der Waals surface area contributed by atoms with Gasteiger partial charge in [0.1, 0.15) is 11.2 Å². The van der Waals surface area contributed by atoms with Crippen molar-refractivity contribution in [1.29, 1.82) is 0 Å². The van der Waals surface area contributed by atoms with Gasteiger partial charge in [-0.3, -0.25) is 0 Å². The zero-order chi connectivity index (χ0) is 36.7. The highest BCUT2D eigenvalue weighted by atomic mass is 32.1. The fraction of sp³-hybridized carbons (Fsp3) is 0. The van der Waals surface area contributed by atoms with Crippen LogP contribution in [0.2, 0.25) is 0 Å². The van der Waals surface area contributed by atoms with Gasteiger partial charge in [0.15, 0.2) is 17.5 Å². The van der Waals surface area contributed by atoms with Crippen LogP contribution in [0.15, 0.2) is 180 Å². The quantitative estimate of drug-likeness (QED) is 0.169. The Morgan fingerprint density at radius 3 is 1.68 bits per heavy atom. The number of rotatable bonds is 4. The molecule has 0 bridgehead atoms. The first kappa shape index (κ1) is 31.2. The van der Waals surface area contributed by atoms with Crippen molar-refractivity contribution in [3.05, 3.63) is 176 Å². The molecule has 0 spiro atoms. The number of aromatic nitrogens is 3. The molecule has 0 unspecified atom stereocenters. The smallest absolute Gasteiger partial charge is 0.164 e. The van der Waals surface area contributed by atoms with Crippen LogP contribution in [0.25, 0.3) is 120 Å². The second-order valence-corrected chi connectivity index (χ2v) is 15.4. The topological polar surface area (TPSA) is 51.8 Å². The van der Waals surface area contributed by atoms with Crippen LogP contribution in [-0.2, 0) is 0 Å². The van der Waals surface area contributed by atoms with Crippen LogP contribution in [0.4, 0.5) is 0 Å². The van der Waals surface area contributed by atoms with Crippen LogP contribution in [0.3, 0.4) is 0 Å². The summed E-state index contributed by atoms with van der Waals surface area (Å²) in [5.41, 5.74) is 6.57. The summed E-state index contributed by atoms with van der Waals surface area (Å²) in [5, 5.41) is 12.0. The van der Waals surface area contributed by atoms with Crippen LogP contribution in [0, 0.1) is 0 Å². The molecule has 0 N–H and O–H groups in total. The highest BCUT2D eigenvalue weighted by Crippen LogP contribution is 2.44. The molecule has 0 aliphatic rings. The largest absolute Gasteiger partial charge is 0.456 e. The van der Waals surface area contributed by atoms with Gasteiger partial charge < -0.3 is 4.42 Å². The maximum Gasteiger partial charge on any atom is 0.164 e. The molecule has 3 heterocycles. The second-order valence-electron chi connectivity index (χ2n) is 14.3. The molecule has 0 atom stereocenters. The van der Waals surface area contributed by atoms with E-state index in [1.54, 1.807) is 11.3 Å². The Morgan fingerprint density at radius 1 is 0.321 bits per heavy atom. The van der Waals surface area contributed by atoms with Gasteiger partial charge in [0.05, 0.1) is 0 Å². The lowest BCUT2D eigenvalue weighted by molar-refractivity contribution is 0.669. The van der Waals surface area contributed by atoms with Crippen LogP contribution in [-0.4, -0.2) is 15.0 Å². The third kappa shape index (κ3) is 4.75. The van der Waals surface area contributed by atoms with Crippen molar-refractivity contribution >= 4 is 85.8 Å². The number of nitrogens with zero attached hydrogens (tertiary/aromatic N) is 3. The Balaban J connectivity index is 1.14. The number of furan rings is 1. The summed E-state index contributed by atoms with van der Waals surface area (Å²) in [5.74, 6) is 1.85. The SMILES string of the molecule is c1ccc(-c2nc(-c3cc(-c4ccc5c6ccccc6c6ccccc6c5c4)c4c(c3)oc3ccccc34)nc(-c3cccc4sc5ccccc5c34)n2)cc1. The molecule has 0 saturated heterocycles. The van der Waals surface area contributed by atoms with Gasteiger partial charge in [0, 0.05) is 47.6 Å². The maximum absolute atomic E-state index is 6.65. The molecule has 3 aromatic heterocycles. The van der Waals surface area contributed by atoms with E-state index in [9.17, 15) is 0 Å². The van der Waals surface area contributed by atoms with Gasteiger partial charge in [0.25, 0.3) is 0 Å². The molecule has 0 aliphatic carbocycles. The molecule has 0 amide bonds. The highest BCUT2D eigenvalue weighted by Gasteiger charge is 2.21. The number of fused-ring (bicyclic) bond motifs is 12. The lowest BCUT2D eigenvalue weighted by Gasteiger charge is -2.14. The van der Waals surface area contributed by atoms with E-state index < -0.39 is 0 Å². The monoisotopic (exact) mass is 731 g/mol. The second kappa shape index (κ2) is 12.2. The number of benzene rings is 9. The van der Waals surface area contributed by atoms with E-state index in [4.69, 9.17) is 19.4 Å². The average molecular weight is 732 g/mol. The number of hydrogen-bond donors (Lipinski definition) is 0. The number of hydrogen-bond acceptors (Lipinski definition) is 5. The minimum atomic E-state index is 0.589. The fourth-order valence-electron chi connectivity index (χ4n) is 8.59. The van der Waals surface area contributed by atoms with Crippen molar-refractivity contribution < 1.29 is 4.42 Å². The van der Waals surface area contributed by atoms with Crippen molar-refractivity contribution in [2.24, 2.45) is 0 Å². The molecule has 56 heavy (non-hydrogen) atoms. The summed E-state index contributed by atoms with van der Waals surface area (Å²) in [7, 11) is 0. The lowest BCUT2D eigenvalue weighted by atomic mass is 9.90. The molecule has 0 aliphatic heterocycles. The highest BCUT2D eigenvalue weighted by molar-refractivity contribution is 7.25. The summed E-state index contributed by atoms with van der Waals surface area (Å²) >= 11 is 1.79. The van der Waals surface area contributed by atoms with E-state index in [-0.39, 0.29) is 0 Å². The molecule has 5 heteroatoms. The first-order valence-corrected chi connectivity index (χ1v) is 19.6. The number of para-hydroxylation sites is 1. The molecule has 0 saturated carbocycles. The summed E-state index contributed by atoms with van der Waals surface area (Å²) in [6.45, 7) is 0. The molecular weight excluding hydrogens is 703 g/mol. The van der Waals surface area contributed by atoms with Crippen LogP contribution in [0.1, 0.15) is 0 Å². The standard InChI is InChI=1S/C51H29N3OS/c1-2-13-30(14-3-1)49-52-50(54-51(53-49)40-21-12-24-46-48(40)39-20-9-11-23-45(39)56-46)32-28-41(47-38-19-8-10-22-43(38)55-44(47)29-32)31-25-26-37-35-17-5-4-15-33(35)34-16-6-7-18-36(34)42(37)27-31/h1-29H. The Hall–Kier alpha value is -7.21. The molecule has 260 valence electrons. The molecule has 12 rings (SSSR count). The van der Waals surface area contributed by atoms with Gasteiger partial charge in [-0.1, -0.05) is 140 Å². The van der Waals surface area contributed by atoms with Crippen LogP contribution >= 0.6 is 11.3 Å². The Kier molecular flexibility index (Phi) is 6.76. The average Bonchev–Trinajstić information content (AvgIpc) is 3.85. The third-order valence-corrected chi connectivity index (χ3v) is 12.2. The molecule has 4 nitrogen and oxygen atoms in total. The van der Waals surface area contributed by atoms with Gasteiger partial charge in [-0.2, -0.15) is 0 Å². The minimum Gasteiger partial charge on any atom is -0.456 e. The fourth-order valence-corrected chi connectivity index (χ4v) is 9.72. The molecule has 12 aromatic rings. The zero-order valence-corrected chi connectivity index (χ0v) is 30.7. The summed E-state index contributed by atoms with van der Waals surface area (Å²) in [6, 6.07) is 62.1. The summed E-state index contributed by atoms with van der Waals surface area (Å²) in [6.07, 6.45) is 0. The molecule has 9 aromatic carbocycles. The third-order valence-electron chi connectivity index (χ3n) is 11.1. The molecule has 0 fully saturated rings. The lowest BCUT2D eigenvalue weighted by Crippen LogP contribution is -2.00. The van der Waals surface area contributed by atoms with E-state index in [1.807, 2.05) is 30.3 Å². The number of thiophene rings is 1. The zero-order valence-electron chi connectivity index (χ0n) is 29.9. The first-order valence-electron chi connectivity index (χ1n) is 18.8. The van der Waals surface area contributed by atoms with E-state index in [0.717, 1.165) is 55.1 Å². The summed E-state index contributed by atoms with van der Waals surface area (Å²) < 4.78 is 9.09. The van der Waals surface area contributed by atoms with E-state index in [2.05, 4.69) is 146 Å². The van der Waals surface area contributed by atoms with Gasteiger partial charge in [0.2, 0.25) is 0 Å². The Labute approximate surface area is 325 Å². The van der Waals surface area contributed by atoms with Crippen molar-refractivity contribution in [1.82, 2.24) is 15.0 Å².